The van der Waals surface area contributed by atoms with Crippen molar-refractivity contribution in [3.63, 3.8) is 0 Å². The van der Waals surface area contributed by atoms with E-state index in [1.807, 2.05) is 37.7 Å². The summed E-state index contributed by atoms with van der Waals surface area (Å²) in [6.07, 6.45) is 7.98. The zero-order valence-electron chi connectivity index (χ0n) is 21.9. The van der Waals surface area contributed by atoms with Gasteiger partial charge in [-0.3, -0.25) is 0 Å². The Hall–Kier alpha value is -1.20. The molecule has 0 N–H and O–H groups in total. The second-order valence-electron chi connectivity index (χ2n) is 9.83. The van der Waals surface area contributed by atoms with Crippen molar-refractivity contribution in [1.82, 2.24) is 0 Å². The smallest absolute Gasteiger partial charge is 0.119 e. The molecule has 2 aromatic rings. The van der Waals surface area contributed by atoms with E-state index in [0.717, 1.165) is 62.7 Å². The van der Waals surface area contributed by atoms with Crippen molar-refractivity contribution in [2.45, 2.75) is 95.3 Å². The summed E-state index contributed by atoms with van der Waals surface area (Å²) in [5.41, 5.74) is 3.75. The van der Waals surface area contributed by atoms with Crippen molar-refractivity contribution in [2.24, 2.45) is 0 Å². The summed E-state index contributed by atoms with van der Waals surface area (Å²) in [5, 5.41) is 1.69. The van der Waals surface area contributed by atoms with Crippen molar-refractivity contribution < 1.29 is 14.2 Å². The number of thioether (sulfide) groups is 1. The second-order valence-corrected chi connectivity index (χ2v) is 11.7. The van der Waals surface area contributed by atoms with Crippen LogP contribution in [0.3, 0.4) is 0 Å². The molecule has 3 atom stereocenters. The summed E-state index contributed by atoms with van der Waals surface area (Å²) in [4.78, 5) is 0. The molecular weight excluding hydrogens is 476 g/mol. The minimum Gasteiger partial charge on any atom is -0.491 e. The molecule has 3 nitrogen and oxygen atoms in total. The predicted molar refractivity (Wildman–Crippen MR) is 150 cm³/mol. The van der Waals surface area contributed by atoms with Crippen molar-refractivity contribution >= 4 is 23.4 Å². The highest BCUT2D eigenvalue weighted by Gasteiger charge is 2.31. The first-order chi connectivity index (χ1) is 17.0. The van der Waals surface area contributed by atoms with Gasteiger partial charge in [0, 0.05) is 28.7 Å². The van der Waals surface area contributed by atoms with E-state index in [9.17, 15) is 0 Å². The molecule has 1 aliphatic heterocycles. The lowest BCUT2D eigenvalue weighted by atomic mass is 9.98. The molecule has 194 valence electrons. The van der Waals surface area contributed by atoms with Crippen molar-refractivity contribution in [2.75, 3.05) is 19.8 Å². The Kier molecular flexibility index (Phi) is 12.3. The van der Waals surface area contributed by atoms with Gasteiger partial charge in [0.15, 0.2) is 0 Å². The predicted octanol–water partition coefficient (Wildman–Crippen LogP) is 8.66. The molecule has 35 heavy (non-hydrogen) atoms. The van der Waals surface area contributed by atoms with Gasteiger partial charge in [-0.2, -0.15) is 0 Å². The lowest BCUT2D eigenvalue weighted by Crippen LogP contribution is -2.30. The number of benzene rings is 2. The minimum atomic E-state index is 0.176. The van der Waals surface area contributed by atoms with Gasteiger partial charge in [-0.25, -0.2) is 0 Å². The highest BCUT2D eigenvalue weighted by atomic mass is 35.5. The van der Waals surface area contributed by atoms with Crippen LogP contribution in [-0.2, 0) is 15.9 Å². The highest BCUT2D eigenvalue weighted by molar-refractivity contribution is 8.00. The van der Waals surface area contributed by atoms with E-state index in [0.29, 0.717) is 16.6 Å². The molecule has 0 radical (unpaired) electrons. The summed E-state index contributed by atoms with van der Waals surface area (Å²) >= 11 is 8.70. The van der Waals surface area contributed by atoms with Gasteiger partial charge in [0.05, 0.1) is 18.8 Å². The molecule has 0 saturated carbocycles. The summed E-state index contributed by atoms with van der Waals surface area (Å²) < 4.78 is 18.1. The SMILES string of the molecule is CCCCOC[C@@H]1C[C@H](OCCCC)C[C@H](c2ccc(Cl)c(Cc3ccc(OC(C)C)cc3)c2)S1. The van der Waals surface area contributed by atoms with Crippen molar-refractivity contribution in [3.05, 3.63) is 64.2 Å². The molecule has 5 heteroatoms. The summed E-state index contributed by atoms with van der Waals surface area (Å²) in [5.74, 6) is 0.906. The van der Waals surface area contributed by atoms with Gasteiger partial charge >= 0.3 is 0 Å². The summed E-state index contributed by atoms with van der Waals surface area (Å²) in [6, 6.07) is 14.9. The molecule has 1 heterocycles. The molecule has 3 rings (SSSR count). The largest absolute Gasteiger partial charge is 0.491 e. The zero-order valence-corrected chi connectivity index (χ0v) is 23.5. The van der Waals surface area contributed by atoms with Gasteiger partial charge in [0.25, 0.3) is 0 Å². The average molecular weight is 519 g/mol. The van der Waals surface area contributed by atoms with Crippen LogP contribution in [0.4, 0.5) is 0 Å². The van der Waals surface area contributed by atoms with Gasteiger partial charge in [-0.1, -0.05) is 62.6 Å². The fourth-order valence-corrected chi connectivity index (χ4v) is 6.17. The Balaban J connectivity index is 1.70. The van der Waals surface area contributed by atoms with Crippen LogP contribution in [0.1, 0.15) is 88.2 Å². The summed E-state index contributed by atoms with van der Waals surface area (Å²) in [6.45, 7) is 11.0. The molecule has 0 spiro atoms. The average Bonchev–Trinajstić information content (AvgIpc) is 2.84. The van der Waals surface area contributed by atoms with Crippen LogP contribution in [-0.4, -0.2) is 37.3 Å². The third kappa shape index (κ3) is 9.64. The molecule has 1 aliphatic rings. The maximum Gasteiger partial charge on any atom is 0.119 e. The molecule has 0 amide bonds. The normalized spacial score (nSPS) is 20.3. The fourth-order valence-electron chi connectivity index (χ4n) is 4.39. The van der Waals surface area contributed by atoms with Crippen LogP contribution in [0.25, 0.3) is 0 Å². The van der Waals surface area contributed by atoms with Crippen LogP contribution in [0, 0.1) is 0 Å². The van der Waals surface area contributed by atoms with E-state index in [1.54, 1.807) is 0 Å². The lowest BCUT2D eigenvalue weighted by Gasteiger charge is -2.35. The molecule has 1 saturated heterocycles. The Labute approximate surface area is 222 Å². The molecule has 0 aromatic heterocycles. The fraction of sp³-hybridized carbons (Fsp3) is 0.600. The number of rotatable bonds is 14. The summed E-state index contributed by atoms with van der Waals surface area (Å²) in [7, 11) is 0. The third-order valence-corrected chi connectivity index (χ3v) is 8.16. The number of hydrogen-bond acceptors (Lipinski definition) is 4. The third-order valence-electron chi connectivity index (χ3n) is 6.29. The van der Waals surface area contributed by atoms with Crippen LogP contribution >= 0.6 is 23.4 Å². The topological polar surface area (TPSA) is 27.7 Å². The van der Waals surface area contributed by atoms with E-state index >= 15 is 0 Å². The molecule has 1 fully saturated rings. The van der Waals surface area contributed by atoms with E-state index in [4.69, 9.17) is 25.8 Å². The molecule has 0 aliphatic carbocycles. The Morgan fingerprint density at radius 1 is 0.971 bits per heavy atom. The van der Waals surface area contributed by atoms with Crippen LogP contribution in [0.5, 0.6) is 5.75 Å². The van der Waals surface area contributed by atoms with Gasteiger partial charge in [-0.05, 0) is 80.8 Å². The number of unbranched alkanes of at least 4 members (excludes halogenated alkanes) is 2. The van der Waals surface area contributed by atoms with Crippen molar-refractivity contribution in [1.29, 1.82) is 0 Å². The van der Waals surface area contributed by atoms with E-state index < -0.39 is 0 Å². The quantitative estimate of drug-likeness (QED) is 0.234. The van der Waals surface area contributed by atoms with Crippen LogP contribution in [0.2, 0.25) is 5.02 Å². The maximum absolute atomic E-state index is 6.65. The molecular formula is C30H43ClO3S. The second kappa shape index (κ2) is 15.1. The van der Waals surface area contributed by atoms with E-state index in [1.165, 1.54) is 29.5 Å². The Morgan fingerprint density at radius 2 is 1.71 bits per heavy atom. The van der Waals surface area contributed by atoms with Gasteiger partial charge in [0.1, 0.15) is 5.75 Å². The highest BCUT2D eigenvalue weighted by Crippen LogP contribution is 2.44. The van der Waals surface area contributed by atoms with E-state index in [-0.39, 0.29) is 6.10 Å². The lowest BCUT2D eigenvalue weighted by molar-refractivity contribution is 0.0283. The number of halogens is 1. The van der Waals surface area contributed by atoms with Gasteiger partial charge < -0.3 is 14.2 Å². The van der Waals surface area contributed by atoms with Crippen LogP contribution in [0.15, 0.2) is 42.5 Å². The first kappa shape index (κ1) is 28.4. The van der Waals surface area contributed by atoms with Crippen LogP contribution < -0.4 is 4.74 Å². The molecule has 0 unspecified atom stereocenters. The van der Waals surface area contributed by atoms with Gasteiger partial charge in [0.2, 0.25) is 0 Å². The first-order valence-electron chi connectivity index (χ1n) is 13.4. The Bertz CT molecular complexity index is 870. The Morgan fingerprint density at radius 3 is 2.43 bits per heavy atom. The zero-order chi connectivity index (χ0) is 25.0. The standard InChI is InChI=1S/C30H43ClO3S/c1-5-7-15-32-21-28-19-27(33-16-8-6-2)20-30(35-28)24-11-14-29(31)25(18-24)17-23-9-12-26(13-10-23)34-22(3)4/h9-14,18,22,27-28,30H,5-8,15-17,19-21H2,1-4H3/t27-,28-,30+/m0/s1. The molecule has 0 bridgehead atoms. The number of ether oxygens (including phenoxy) is 3. The van der Waals surface area contributed by atoms with Gasteiger partial charge in [-0.15, -0.1) is 11.8 Å². The van der Waals surface area contributed by atoms with E-state index in [2.05, 4.69) is 44.2 Å². The minimum absolute atomic E-state index is 0.176. The number of hydrogen-bond donors (Lipinski definition) is 0. The maximum atomic E-state index is 6.65. The first-order valence-corrected chi connectivity index (χ1v) is 14.7. The monoisotopic (exact) mass is 518 g/mol. The molecule has 2 aromatic carbocycles. The van der Waals surface area contributed by atoms with Crippen molar-refractivity contribution in [3.8, 4) is 5.75 Å².